The highest BCUT2D eigenvalue weighted by Crippen LogP contribution is 2.16. The molecule has 1 aromatic carbocycles. The largest absolute Gasteiger partial charge is 0.334 e. The Morgan fingerprint density at radius 3 is 2.88 bits per heavy atom. The second-order valence-corrected chi connectivity index (χ2v) is 6.39. The Hall–Kier alpha value is -2.34. The number of amides is 2. The molecular weight excluding hydrogens is 314 g/mol. The second-order valence-electron chi connectivity index (χ2n) is 6.39. The number of carbonyl (C=O) groups is 1. The molecule has 1 aliphatic rings. The zero-order valence-corrected chi connectivity index (χ0v) is 15.1. The lowest BCUT2D eigenvalue weighted by Crippen LogP contribution is -2.42. The fourth-order valence-electron chi connectivity index (χ4n) is 3.48. The van der Waals surface area contributed by atoms with E-state index in [2.05, 4.69) is 35.2 Å². The Morgan fingerprint density at radius 1 is 1.32 bits per heavy atom. The predicted molar refractivity (Wildman–Crippen MR) is 98.7 cm³/mol. The van der Waals surface area contributed by atoms with Crippen LogP contribution in [-0.4, -0.2) is 57.8 Å². The molecule has 0 saturated carbocycles. The molecule has 25 heavy (non-hydrogen) atoms. The van der Waals surface area contributed by atoms with Crippen LogP contribution < -0.4 is 5.32 Å². The third-order valence-corrected chi connectivity index (χ3v) is 4.90. The van der Waals surface area contributed by atoms with Gasteiger partial charge in [0.25, 0.3) is 0 Å². The third kappa shape index (κ3) is 4.20. The number of carbonyl (C=O) groups excluding carboxylic acids is 1. The second kappa shape index (κ2) is 8.16. The third-order valence-electron chi connectivity index (χ3n) is 4.90. The van der Waals surface area contributed by atoms with Crippen LogP contribution in [0, 0.1) is 0 Å². The topological polar surface area (TPSA) is 53.4 Å². The fourth-order valence-corrected chi connectivity index (χ4v) is 3.48. The van der Waals surface area contributed by atoms with E-state index in [4.69, 9.17) is 0 Å². The molecule has 1 atom stereocenters. The van der Waals surface area contributed by atoms with Crippen molar-refractivity contribution in [2.45, 2.75) is 32.9 Å². The smallest absolute Gasteiger partial charge is 0.317 e. The van der Waals surface area contributed by atoms with E-state index in [1.165, 1.54) is 0 Å². The molecule has 0 spiro atoms. The highest BCUT2D eigenvalue weighted by Gasteiger charge is 2.28. The fraction of sp³-hybridized carbons (Fsp3) is 0.474. The zero-order valence-electron chi connectivity index (χ0n) is 15.1. The Labute approximate surface area is 149 Å². The predicted octanol–water partition coefficient (Wildman–Crippen LogP) is 2.50. The van der Waals surface area contributed by atoms with E-state index in [0.717, 1.165) is 43.9 Å². The first kappa shape index (κ1) is 17.5. The lowest BCUT2D eigenvalue weighted by molar-refractivity contribution is 0.192. The number of likely N-dealkylation sites (tertiary alicyclic amines) is 1. The standard InChI is InChI=1S/C19H27N5O/c1-3-22(4-2)18-9-12-23(15-18)19(25)20-14-16-7-5-8-17(13-16)24-11-6-10-21-24/h5-8,10-11,13,18H,3-4,9,12,14-15H2,1-2H3,(H,20,25)/t18-/m1/s1. The highest BCUT2D eigenvalue weighted by molar-refractivity contribution is 5.74. The maximum atomic E-state index is 12.5. The number of nitrogens with one attached hydrogen (secondary N) is 1. The maximum Gasteiger partial charge on any atom is 0.317 e. The van der Waals surface area contributed by atoms with Crippen LogP contribution in [0.1, 0.15) is 25.8 Å². The molecule has 6 heteroatoms. The van der Waals surface area contributed by atoms with Crippen LogP contribution in [0.2, 0.25) is 0 Å². The molecule has 1 N–H and O–H groups in total. The molecular formula is C19H27N5O. The van der Waals surface area contributed by atoms with Crippen molar-refractivity contribution in [2.24, 2.45) is 0 Å². The minimum absolute atomic E-state index is 0.0270. The van der Waals surface area contributed by atoms with Gasteiger partial charge in [-0.1, -0.05) is 26.0 Å². The Balaban J connectivity index is 1.54. The summed E-state index contributed by atoms with van der Waals surface area (Å²) in [5, 5.41) is 7.29. The van der Waals surface area contributed by atoms with Crippen LogP contribution >= 0.6 is 0 Å². The summed E-state index contributed by atoms with van der Waals surface area (Å²) in [6.45, 7) is 8.62. The van der Waals surface area contributed by atoms with Crippen molar-refractivity contribution in [3.05, 3.63) is 48.3 Å². The summed E-state index contributed by atoms with van der Waals surface area (Å²) in [7, 11) is 0. The molecule has 1 aliphatic heterocycles. The molecule has 0 unspecified atom stereocenters. The van der Waals surface area contributed by atoms with Crippen LogP contribution in [0.5, 0.6) is 0 Å². The molecule has 2 heterocycles. The molecule has 1 fully saturated rings. The number of benzene rings is 1. The molecule has 1 aromatic heterocycles. The quantitative estimate of drug-likeness (QED) is 0.878. The van der Waals surface area contributed by atoms with Crippen molar-refractivity contribution < 1.29 is 4.79 Å². The minimum atomic E-state index is 0.0270. The summed E-state index contributed by atoms with van der Waals surface area (Å²) < 4.78 is 1.82. The molecule has 134 valence electrons. The van der Waals surface area contributed by atoms with Gasteiger partial charge in [-0.25, -0.2) is 9.48 Å². The summed E-state index contributed by atoms with van der Waals surface area (Å²) in [6.07, 6.45) is 4.73. The molecule has 3 rings (SSSR count). The van der Waals surface area contributed by atoms with Crippen molar-refractivity contribution in [3.63, 3.8) is 0 Å². The lowest BCUT2D eigenvalue weighted by Gasteiger charge is -2.26. The van der Waals surface area contributed by atoms with Gasteiger partial charge in [0.15, 0.2) is 0 Å². The normalized spacial score (nSPS) is 17.2. The van der Waals surface area contributed by atoms with E-state index in [0.29, 0.717) is 12.6 Å². The Bertz CT molecular complexity index is 681. The van der Waals surface area contributed by atoms with E-state index >= 15 is 0 Å². The molecule has 0 bridgehead atoms. The summed E-state index contributed by atoms with van der Waals surface area (Å²) in [4.78, 5) is 16.8. The van der Waals surface area contributed by atoms with E-state index in [1.807, 2.05) is 40.0 Å². The van der Waals surface area contributed by atoms with Gasteiger partial charge in [-0.05, 0) is 43.3 Å². The van der Waals surface area contributed by atoms with Crippen LogP contribution in [0.15, 0.2) is 42.7 Å². The first-order chi connectivity index (χ1) is 12.2. The number of hydrogen-bond donors (Lipinski definition) is 1. The summed E-state index contributed by atoms with van der Waals surface area (Å²) in [5.41, 5.74) is 2.07. The maximum absolute atomic E-state index is 12.5. The number of urea groups is 1. The van der Waals surface area contributed by atoms with Gasteiger partial charge in [-0.15, -0.1) is 0 Å². The van der Waals surface area contributed by atoms with Crippen LogP contribution in [0.3, 0.4) is 0 Å². The summed E-state index contributed by atoms with van der Waals surface area (Å²) >= 11 is 0. The molecule has 6 nitrogen and oxygen atoms in total. The van der Waals surface area contributed by atoms with Gasteiger partial charge in [0.2, 0.25) is 0 Å². The zero-order chi connectivity index (χ0) is 17.6. The van der Waals surface area contributed by atoms with Crippen molar-refractivity contribution in [1.82, 2.24) is 24.9 Å². The minimum Gasteiger partial charge on any atom is -0.334 e. The molecule has 0 radical (unpaired) electrons. The van der Waals surface area contributed by atoms with Crippen molar-refractivity contribution in [2.75, 3.05) is 26.2 Å². The van der Waals surface area contributed by atoms with E-state index in [1.54, 1.807) is 6.20 Å². The van der Waals surface area contributed by atoms with Gasteiger partial charge in [-0.3, -0.25) is 4.90 Å². The first-order valence-corrected chi connectivity index (χ1v) is 9.07. The lowest BCUT2D eigenvalue weighted by atomic mass is 10.2. The van der Waals surface area contributed by atoms with Crippen LogP contribution in [-0.2, 0) is 6.54 Å². The van der Waals surface area contributed by atoms with E-state index < -0.39 is 0 Å². The molecule has 2 aromatic rings. The Morgan fingerprint density at radius 2 is 2.16 bits per heavy atom. The molecule has 2 amide bonds. The SMILES string of the molecule is CCN(CC)[C@@H]1CCN(C(=O)NCc2cccc(-n3cccn3)c2)C1. The van der Waals surface area contributed by atoms with Crippen molar-refractivity contribution in [3.8, 4) is 5.69 Å². The van der Waals surface area contributed by atoms with Crippen LogP contribution in [0.25, 0.3) is 5.69 Å². The average Bonchev–Trinajstić information content (AvgIpc) is 3.33. The van der Waals surface area contributed by atoms with Gasteiger partial charge in [0, 0.05) is 38.1 Å². The van der Waals surface area contributed by atoms with Crippen molar-refractivity contribution in [1.29, 1.82) is 0 Å². The molecule has 0 aliphatic carbocycles. The average molecular weight is 341 g/mol. The number of likely N-dealkylation sites (N-methyl/N-ethyl adjacent to an activating group) is 1. The monoisotopic (exact) mass is 341 g/mol. The summed E-state index contributed by atoms with van der Waals surface area (Å²) in [5.74, 6) is 0. The van der Waals surface area contributed by atoms with Gasteiger partial charge >= 0.3 is 6.03 Å². The van der Waals surface area contributed by atoms with Crippen LogP contribution in [0.4, 0.5) is 4.79 Å². The van der Waals surface area contributed by atoms with Gasteiger partial charge < -0.3 is 10.2 Å². The molecule has 1 saturated heterocycles. The number of nitrogens with zero attached hydrogens (tertiary/aromatic N) is 4. The Kier molecular flexibility index (Phi) is 5.71. The number of hydrogen-bond acceptors (Lipinski definition) is 3. The highest BCUT2D eigenvalue weighted by atomic mass is 16.2. The van der Waals surface area contributed by atoms with E-state index in [9.17, 15) is 4.79 Å². The van der Waals surface area contributed by atoms with E-state index in [-0.39, 0.29) is 6.03 Å². The van der Waals surface area contributed by atoms with Gasteiger partial charge in [0.1, 0.15) is 0 Å². The van der Waals surface area contributed by atoms with Gasteiger partial charge in [-0.2, -0.15) is 5.10 Å². The van der Waals surface area contributed by atoms with Gasteiger partial charge in [0.05, 0.1) is 5.69 Å². The number of aromatic nitrogens is 2. The first-order valence-electron chi connectivity index (χ1n) is 9.07. The summed E-state index contributed by atoms with van der Waals surface area (Å²) in [6, 6.07) is 10.5. The number of rotatable bonds is 6. The van der Waals surface area contributed by atoms with Crippen molar-refractivity contribution >= 4 is 6.03 Å².